The number of likely N-dealkylation sites (tertiary alicyclic amines) is 1. The third-order valence-electron chi connectivity index (χ3n) is 5.50. The molecule has 0 radical (unpaired) electrons. The van der Waals surface area contributed by atoms with Crippen molar-refractivity contribution >= 4 is 0 Å². The molecule has 2 unspecified atom stereocenters. The molecular weight excluding hydrogens is 220 g/mol. The van der Waals surface area contributed by atoms with Gasteiger partial charge < -0.3 is 10.6 Å². The Hall–Kier alpha value is -0.0800. The molecule has 2 nitrogen and oxygen atoms in total. The van der Waals surface area contributed by atoms with Crippen LogP contribution in [-0.4, -0.2) is 30.6 Å². The molecule has 2 fully saturated rings. The van der Waals surface area contributed by atoms with E-state index in [9.17, 15) is 0 Å². The van der Waals surface area contributed by atoms with Crippen molar-refractivity contribution in [2.24, 2.45) is 22.5 Å². The van der Waals surface area contributed by atoms with Crippen LogP contribution in [-0.2, 0) is 0 Å². The van der Waals surface area contributed by atoms with Gasteiger partial charge in [-0.15, -0.1) is 0 Å². The normalized spacial score (nSPS) is 36.5. The largest absolute Gasteiger partial charge is 0.327 e. The molecule has 106 valence electrons. The van der Waals surface area contributed by atoms with E-state index in [4.69, 9.17) is 5.73 Å². The summed E-state index contributed by atoms with van der Waals surface area (Å²) in [5, 5.41) is 0. The summed E-state index contributed by atoms with van der Waals surface area (Å²) in [4.78, 5) is 2.68. The summed E-state index contributed by atoms with van der Waals surface area (Å²) in [6.07, 6.45) is 6.72. The van der Waals surface area contributed by atoms with Gasteiger partial charge in [0.05, 0.1) is 0 Å². The SMILES string of the molecule is CC1(C)CCCN(CC2CCC(C)(C)C2N)CC1. The number of hydrogen-bond donors (Lipinski definition) is 1. The van der Waals surface area contributed by atoms with Crippen LogP contribution in [0, 0.1) is 16.7 Å². The number of nitrogens with zero attached hydrogens (tertiary/aromatic N) is 1. The van der Waals surface area contributed by atoms with E-state index in [0.717, 1.165) is 5.92 Å². The van der Waals surface area contributed by atoms with Gasteiger partial charge in [-0.25, -0.2) is 0 Å². The molecular formula is C16H32N2. The maximum Gasteiger partial charge on any atom is 0.0131 e. The third-order valence-corrected chi connectivity index (χ3v) is 5.50. The Bertz CT molecular complexity index is 283. The first-order valence-corrected chi connectivity index (χ1v) is 7.78. The minimum Gasteiger partial charge on any atom is -0.327 e. The molecule has 1 saturated carbocycles. The monoisotopic (exact) mass is 252 g/mol. The summed E-state index contributed by atoms with van der Waals surface area (Å²) in [7, 11) is 0. The predicted molar refractivity (Wildman–Crippen MR) is 78.6 cm³/mol. The molecule has 2 rings (SSSR count). The summed E-state index contributed by atoms with van der Waals surface area (Å²) in [6.45, 7) is 13.3. The first-order chi connectivity index (χ1) is 8.30. The smallest absolute Gasteiger partial charge is 0.0131 e. The molecule has 1 heterocycles. The van der Waals surface area contributed by atoms with Crippen molar-refractivity contribution in [3.8, 4) is 0 Å². The van der Waals surface area contributed by atoms with E-state index in [1.165, 1.54) is 51.7 Å². The number of nitrogens with two attached hydrogens (primary N) is 1. The topological polar surface area (TPSA) is 29.3 Å². The zero-order valence-electron chi connectivity index (χ0n) is 12.8. The third kappa shape index (κ3) is 3.27. The maximum absolute atomic E-state index is 6.44. The Balaban J connectivity index is 1.87. The van der Waals surface area contributed by atoms with Crippen molar-refractivity contribution < 1.29 is 0 Å². The molecule has 0 aromatic rings. The summed E-state index contributed by atoms with van der Waals surface area (Å²) in [5.41, 5.74) is 7.34. The lowest BCUT2D eigenvalue weighted by molar-refractivity contribution is 0.203. The van der Waals surface area contributed by atoms with Gasteiger partial charge in [-0.3, -0.25) is 0 Å². The molecule has 0 spiro atoms. The first-order valence-electron chi connectivity index (χ1n) is 7.78. The van der Waals surface area contributed by atoms with E-state index in [0.29, 0.717) is 16.9 Å². The minimum absolute atomic E-state index is 0.357. The molecule has 0 aromatic carbocycles. The van der Waals surface area contributed by atoms with Crippen molar-refractivity contribution in [2.75, 3.05) is 19.6 Å². The Labute approximate surface area is 113 Å². The minimum atomic E-state index is 0.357. The lowest BCUT2D eigenvalue weighted by atomic mass is 9.85. The molecule has 1 aliphatic heterocycles. The fraction of sp³-hybridized carbons (Fsp3) is 1.00. The van der Waals surface area contributed by atoms with Gasteiger partial charge in [0.25, 0.3) is 0 Å². The Morgan fingerprint density at radius 3 is 2.39 bits per heavy atom. The summed E-state index contributed by atoms with van der Waals surface area (Å²) in [6, 6.07) is 0.397. The molecule has 2 atom stereocenters. The van der Waals surface area contributed by atoms with Gasteiger partial charge in [-0.2, -0.15) is 0 Å². The Morgan fingerprint density at radius 1 is 1.06 bits per heavy atom. The van der Waals surface area contributed by atoms with Gasteiger partial charge in [0.2, 0.25) is 0 Å². The van der Waals surface area contributed by atoms with Gasteiger partial charge in [0.1, 0.15) is 0 Å². The van der Waals surface area contributed by atoms with Crippen molar-refractivity contribution in [3.05, 3.63) is 0 Å². The standard InChI is InChI=1S/C16H32N2/c1-15(2)7-5-10-18(11-9-15)12-13-6-8-16(3,4)14(13)17/h13-14H,5-12,17H2,1-4H3. The molecule has 0 amide bonds. The van der Waals surface area contributed by atoms with E-state index >= 15 is 0 Å². The van der Waals surface area contributed by atoms with Gasteiger partial charge in [-0.05, 0) is 61.9 Å². The van der Waals surface area contributed by atoms with E-state index in [-0.39, 0.29) is 0 Å². The molecule has 2 heteroatoms. The van der Waals surface area contributed by atoms with Gasteiger partial charge in [-0.1, -0.05) is 27.7 Å². The zero-order chi connectivity index (χ0) is 13.4. The van der Waals surface area contributed by atoms with Crippen molar-refractivity contribution in [3.63, 3.8) is 0 Å². The van der Waals surface area contributed by atoms with Gasteiger partial charge in [0, 0.05) is 12.6 Å². The molecule has 0 aromatic heterocycles. The molecule has 2 N–H and O–H groups in total. The number of rotatable bonds is 2. The zero-order valence-corrected chi connectivity index (χ0v) is 12.8. The van der Waals surface area contributed by atoms with Gasteiger partial charge in [0.15, 0.2) is 0 Å². The first kappa shape index (κ1) is 14.3. The predicted octanol–water partition coefficient (Wildman–Crippen LogP) is 3.26. The van der Waals surface area contributed by atoms with Crippen LogP contribution >= 0.6 is 0 Å². The summed E-state index contributed by atoms with van der Waals surface area (Å²) in [5.74, 6) is 0.723. The van der Waals surface area contributed by atoms with Crippen LogP contribution in [0.5, 0.6) is 0 Å². The molecule has 18 heavy (non-hydrogen) atoms. The average molecular weight is 252 g/mol. The highest BCUT2D eigenvalue weighted by atomic mass is 15.1. The molecule has 1 saturated heterocycles. The van der Waals surface area contributed by atoms with Crippen LogP contribution in [0.3, 0.4) is 0 Å². The highest BCUT2D eigenvalue weighted by molar-refractivity contribution is 4.95. The van der Waals surface area contributed by atoms with Crippen LogP contribution in [0.2, 0.25) is 0 Å². The van der Waals surface area contributed by atoms with Crippen molar-refractivity contribution in [1.82, 2.24) is 4.90 Å². The highest BCUT2D eigenvalue weighted by Crippen LogP contribution is 2.40. The fourth-order valence-corrected chi connectivity index (χ4v) is 3.74. The quantitative estimate of drug-likeness (QED) is 0.817. The highest BCUT2D eigenvalue weighted by Gasteiger charge is 2.40. The lowest BCUT2D eigenvalue weighted by Gasteiger charge is -2.31. The second-order valence-electron chi connectivity index (χ2n) is 8.13. The van der Waals surface area contributed by atoms with Crippen LogP contribution in [0.15, 0.2) is 0 Å². The fourth-order valence-electron chi connectivity index (χ4n) is 3.74. The van der Waals surface area contributed by atoms with Crippen molar-refractivity contribution in [2.45, 2.75) is 65.8 Å². The van der Waals surface area contributed by atoms with E-state index in [2.05, 4.69) is 32.6 Å². The van der Waals surface area contributed by atoms with Crippen molar-refractivity contribution in [1.29, 1.82) is 0 Å². The molecule has 2 aliphatic rings. The maximum atomic E-state index is 6.44. The molecule has 0 bridgehead atoms. The van der Waals surface area contributed by atoms with E-state index in [1.807, 2.05) is 0 Å². The Kier molecular flexibility index (Phi) is 4.08. The van der Waals surface area contributed by atoms with Gasteiger partial charge >= 0.3 is 0 Å². The summed E-state index contributed by atoms with van der Waals surface area (Å²) < 4.78 is 0. The number of hydrogen-bond acceptors (Lipinski definition) is 2. The van der Waals surface area contributed by atoms with Crippen LogP contribution in [0.1, 0.15) is 59.8 Å². The average Bonchev–Trinajstić information content (AvgIpc) is 2.45. The summed E-state index contributed by atoms with van der Waals surface area (Å²) >= 11 is 0. The second kappa shape index (κ2) is 5.13. The molecule has 1 aliphatic carbocycles. The Morgan fingerprint density at radius 2 is 1.78 bits per heavy atom. The lowest BCUT2D eigenvalue weighted by Crippen LogP contribution is -2.42. The van der Waals surface area contributed by atoms with Crippen LogP contribution < -0.4 is 5.73 Å². The van der Waals surface area contributed by atoms with Crippen LogP contribution in [0.4, 0.5) is 0 Å². The second-order valence-corrected chi connectivity index (χ2v) is 8.13. The van der Waals surface area contributed by atoms with E-state index < -0.39 is 0 Å². The van der Waals surface area contributed by atoms with Crippen LogP contribution in [0.25, 0.3) is 0 Å². The van der Waals surface area contributed by atoms with E-state index in [1.54, 1.807) is 0 Å².